The standard InChI is InChI=1S/C36H30/c1-23-17-24(2)20-29(19-23)33-15-13-27-9-5-7-11-31(27)35(33)36-32-12-8-6-10-28(32)14-16-34(36)30-21-25(3)18-26(4)22-30/h5-22H,1-4H3. The highest BCUT2D eigenvalue weighted by atomic mass is 14.2. The summed E-state index contributed by atoms with van der Waals surface area (Å²) in [6.07, 6.45) is 0. The molecule has 0 radical (unpaired) electrons. The lowest BCUT2D eigenvalue weighted by atomic mass is 9.82. The van der Waals surface area contributed by atoms with E-state index in [-0.39, 0.29) is 0 Å². The van der Waals surface area contributed by atoms with Crippen LogP contribution in [0.4, 0.5) is 0 Å². The first-order valence-corrected chi connectivity index (χ1v) is 12.7. The topological polar surface area (TPSA) is 0 Å². The fourth-order valence-corrected chi connectivity index (χ4v) is 5.82. The molecule has 0 N–H and O–H groups in total. The molecule has 0 saturated carbocycles. The van der Waals surface area contributed by atoms with E-state index in [1.54, 1.807) is 0 Å². The Kier molecular flexibility index (Phi) is 5.46. The van der Waals surface area contributed by atoms with Crippen LogP contribution in [0.25, 0.3) is 54.9 Å². The van der Waals surface area contributed by atoms with Crippen LogP contribution in [0, 0.1) is 27.7 Å². The Morgan fingerprint density at radius 2 is 0.722 bits per heavy atom. The average Bonchev–Trinajstić information content (AvgIpc) is 2.86. The summed E-state index contributed by atoms with van der Waals surface area (Å²) >= 11 is 0. The minimum atomic E-state index is 1.26. The summed E-state index contributed by atoms with van der Waals surface area (Å²) in [6.45, 7) is 8.76. The third kappa shape index (κ3) is 3.89. The molecule has 0 amide bonds. The monoisotopic (exact) mass is 462 g/mol. The summed E-state index contributed by atoms with van der Waals surface area (Å²) in [5.74, 6) is 0. The molecule has 0 bridgehead atoms. The molecule has 174 valence electrons. The molecule has 0 aliphatic rings. The molecule has 0 aliphatic carbocycles. The van der Waals surface area contributed by atoms with Crippen LogP contribution in [-0.2, 0) is 0 Å². The summed E-state index contributed by atoms with van der Waals surface area (Å²) < 4.78 is 0. The first-order chi connectivity index (χ1) is 17.5. The summed E-state index contributed by atoms with van der Waals surface area (Å²) in [4.78, 5) is 0. The van der Waals surface area contributed by atoms with E-state index in [0.29, 0.717) is 0 Å². The largest absolute Gasteiger partial charge is 0.0616 e. The minimum absolute atomic E-state index is 1.26. The lowest BCUT2D eigenvalue weighted by molar-refractivity contribution is 1.38. The molecule has 6 aromatic carbocycles. The van der Waals surface area contributed by atoms with Crippen LogP contribution in [0.5, 0.6) is 0 Å². The van der Waals surface area contributed by atoms with Gasteiger partial charge in [0.05, 0.1) is 0 Å². The Hall–Kier alpha value is -4.16. The summed E-state index contributed by atoms with van der Waals surface area (Å²) in [5, 5.41) is 5.10. The van der Waals surface area contributed by atoms with E-state index in [0.717, 1.165) is 0 Å². The maximum atomic E-state index is 2.32. The van der Waals surface area contributed by atoms with Gasteiger partial charge in [-0.2, -0.15) is 0 Å². The molecule has 0 heterocycles. The van der Waals surface area contributed by atoms with E-state index in [2.05, 4.69) is 137 Å². The van der Waals surface area contributed by atoms with Crippen LogP contribution in [-0.4, -0.2) is 0 Å². The molecule has 0 nitrogen and oxygen atoms in total. The normalized spacial score (nSPS) is 11.3. The van der Waals surface area contributed by atoms with Crippen molar-refractivity contribution in [2.24, 2.45) is 0 Å². The van der Waals surface area contributed by atoms with Crippen molar-refractivity contribution < 1.29 is 0 Å². The molecule has 0 aliphatic heterocycles. The molecule has 6 aromatic rings. The molecule has 0 spiro atoms. The van der Waals surface area contributed by atoms with Crippen LogP contribution in [0.15, 0.2) is 109 Å². The number of aryl methyl sites for hydroxylation is 4. The SMILES string of the molecule is Cc1cc(C)cc(-c2ccc3ccccc3c2-c2c(-c3cc(C)cc(C)c3)ccc3ccccc23)c1. The molecule has 0 saturated heterocycles. The third-order valence-corrected chi connectivity index (χ3v) is 7.17. The number of benzene rings is 6. The van der Waals surface area contributed by atoms with E-state index in [1.807, 2.05) is 0 Å². The number of rotatable bonds is 3. The van der Waals surface area contributed by atoms with Crippen molar-refractivity contribution in [2.75, 3.05) is 0 Å². The molecule has 0 fully saturated rings. The Bertz CT molecular complexity index is 1590. The third-order valence-electron chi connectivity index (χ3n) is 7.17. The van der Waals surface area contributed by atoms with Crippen molar-refractivity contribution in [1.82, 2.24) is 0 Å². The molecular weight excluding hydrogens is 432 g/mol. The quantitative estimate of drug-likeness (QED) is 0.245. The predicted octanol–water partition coefficient (Wildman–Crippen LogP) is 10.2. The van der Waals surface area contributed by atoms with Gasteiger partial charge in [0.1, 0.15) is 0 Å². The van der Waals surface area contributed by atoms with Gasteiger partial charge in [0.25, 0.3) is 0 Å². The molecule has 0 unspecified atom stereocenters. The highest BCUT2D eigenvalue weighted by molar-refractivity contribution is 6.14. The fraction of sp³-hybridized carbons (Fsp3) is 0.111. The Morgan fingerprint density at radius 1 is 0.361 bits per heavy atom. The second-order valence-electron chi connectivity index (χ2n) is 10.2. The van der Waals surface area contributed by atoms with Gasteiger partial charge in [0, 0.05) is 0 Å². The van der Waals surface area contributed by atoms with E-state index >= 15 is 0 Å². The van der Waals surface area contributed by atoms with Gasteiger partial charge in [-0.05, 0) is 82.6 Å². The number of hydrogen-bond acceptors (Lipinski definition) is 0. The van der Waals surface area contributed by atoms with Crippen molar-refractivity contribution in [3.8, 4) is 33.4 Å². The Morgan fingerprint density at radius 3 is 1.11 bits per heavy atom. The Balaban J connectivity index is 1.81. The zero-order valence-electron chi connectivity index (χ0n) is 21.4. The molecular formula is C36H30. The molecule has 0 aromatic heterocycles. The number of hydrogen-bond donors (Lipinski definition) is 0. The highest BCUT2D eigenvalue weighted by Gasteiger charge is 2.19. The van der Waals surface area contributed by atoms with Crippen molar-refractivity contribution in [3.63, 3.8) is 0 Å². The van der Waals surface area contributed by atoms with Crippen molar-refractivity contribution in [3.05, 3.63) is 131 Å². The Labute approximate surface area is 213 Å². The predicted molar refractivity (Wildman–Crippen MR) is 157 cm³/mol. The van der Waals surface area contributed by atoms with Crippen molar-refractivity contribution >= 4 is 21.5 Å². The molecule has 36 heavy (non-hydrogen) atoms. The van der Waals surface area contributed by atoms with Crippen LogP contribution in [0.2, 0.25) is 0 Å². The summed E-state index contributed by atoms with van der Waals surface area (Å²) in [7, 11) is 0. The first kappa shape index (κ1) is 22.3. The van der Waals surface area contributed by atoms with Crippen LogP contribution in [0.1, 0.15) is 22.3 Å². The van der Waals surface area contributed by atoms with Crippen LogP contribution < -0.4 is 0 Å². The minimum Gasteiger partial charge on any atom is -0.0616 e. The van der Waals surface area contributed by atoms with Gasteiger partial charge in [-0.25, -0.2) is 0 Å². The van der Waals surface area contributed by atoms with E-state index in [4.69, 9.17) is 0 Å². The van der Waals surface area contributed by atoms with Gasteiger partial charge in [-0.15, -0.1) is 0 Å². The summed E-state index contributed by atoms with van der Waals surface area (Å²) in [5.41, 5.74) is 12.9. The smallest absolute Gasteiger partial charge is 0.00143 e. The van der Waals surface area contributed by atoms with Crippen LogP contribution >= 0.6 is 0 Å². The fourth-order valence-electron chi connectivity index (χ4n) is 5.82. The van der Waals surface area contributed by atoms with Crippen LogP contribution in [0.3, 0.4) is 0 Å². The first-order valence-electron chi connectivity index (χ1n) is 12.7. The molecule has 0 heteroatoms. The van der Waals surface area contributed by atoms with Gasteiger partial charge >= 0.3 is 0 Å². The zero-order chi connectivity index (χ0) is 24.8. The van der Waals surface area contributed by atoms with Gasteiger partial charge in [-0.1, -0.05) is 131 Å². The van der Waals surface area contributed by atoms with E-state index in [1.165, 1.54) is 77.2 Å². The van der Waals surface area contributed by atoms with Gasteiger partial charge in [0.2, 0.25) is 0 Å². The van der Waals surface area contributed by atoms with Crippen molar-refractivity contribution in [1.29, 1.82) is 0 Å². The molecule has 6 rings (SSSR count). The zero-order valence-corrected chi connectivity index (χ0v) is 21.4. The lowest BCUT2D eigenvalue weighted by Crippen LogP contribution is -1.94. The molecule has 0 atom stereocenters. The number of fused-ring (bicyclic) bond motifs is 2. The van der Waals surface area contributed by atoms with E-state index < -0.39 is 0 Å². The van der Waals surface area contributed by atoms with Crippen molar-refractivity contribution in [2.45, 2.75) is 27.7 Å². The lowest BCUT2D eigenvalue weighted by Gasteiger charge is -2.21. The highest BCUT2D eigenvalue weighted by Crippen LogP contribution is 2.46. The van der Waals surface area contributed by atoms with Gasteiger partial charge < -0.3 is 0 Å². The van der Waals surface area contributed by atoms with E-state index in [9.17, 15) is 0 Å². The average molecular weight is 463 g/mol. The maximum Gasteiger partial charge on any atom is -0.00143 e. The maximum absolute atomic E-state index is 2.32. The second-order valence-corrected chi connectivity index (χ2v) is 10.2. The van der Waals surface area contributed by atoms with Gasteiger partial charge in [-0.3, -0.25) is 0 Å². The summed E-state index contributed by atoms with van der Waals surface area (Å²) in [6, 6.07) is 40.6. The second kappa shape index (κ2) is 8.81. The van der Waals surface area contributed by atoms with Gasteiger partial charge in [0.15, 0.2) is 0 Å².